The zero-order valence-corrected chi connectivity index (χ0v) is 5.73. The van der Waals surface area contributed by atoms with Crippen LogP contribution in [0.5, 0.6) is 0 Å². The zero-order valence-electron chi connectivity index (χ0n) is 2.82. The van der Waals surface area contributed by atoms with Crippen molar-refractivity contribution in [1.29, 1.82) is 0 Å². The van der Waals surface area contributed by atoms with Gasteiger partial charge in [-0.2, -0.15) is 0 Å². The Morgan fingerprint density at radius 2 is 2.20 bits per heavy atom. The Morgan fingerprint density at radius 1 is 2.00 bits per heavy atom. The molecule has 0 aromatic carbocycles. The second kappa shape index (κ2) is 2.66. The van der Waals surface area contributed by atoms with Crippen molar-refractivity contribution in [3.8, 4) is 0 Å². The molecule has 0 aliphatic rings. The summed E-state index contributed by atoms with van der Waals surface area (Å²) in [6.45, 7) is 1.73. The van der Waals surface area contributed by atoms with Crippen molar-refractivity contribution in [2.24, 2.45) is 0 Å². The van der Waals surface area contributed by atoms with Crippen molar-refractivity contribution >= 4 is 34.1 Å². The third-order valence-electron chi connectivity index (χ3n) is 0.144. The summed E-state index contributed by atoms with van der Waals surface area (Å²) in [5.74, 6) is 0. The molecule has 3 heteroatoms. The molecule has 0 atom stereocenters. The van der Waals surface area contributed by atoms with Crippen LogP contribution < -0.4 is 0 Å². The van der Waals surface area contributed by atoms with Gasteiger partial charge in [0.2, 0.25) is 0 Å². The van der Waals surface area contributed by atoms with Gasteiger partial charge in [-0.1, -0.05) is 0 Å². The standard InChI is InChI=1S/C2H3GeOS/c1-2(5)4-3/h1H3. The van der Waals surface area contributed by atoms with E-state index in [-0.39, 0.29) is 0 Å². The van der Waals surface area contributed by atoms with Gasteiger partial charge in [0.1, 0.15) is 0 Å². The van der Waals surface area contributed by atoms with Crippen LogP contribution in [0.1, 0.15) is 6.92 Å². The number of rotatable bonds is 0. The van der Waals surface area contributed by atoms with E-state index < -0.39 is 0 Å². The molecule has 0 amide bonds. The molecule has 0 fully saturated rings. The Balaban J connectivity index is 2.85. The van der Waals surface area contributed by atoms with Crippen molar-refractivity contribution in [2.75, 3.05) is 0 Å². The molecular weight excluding hydrogens is 145 g/mol. The average molecular weight is 148 g/mol. The van der Waals surface area contributed by atoms with Crippen LogP contribution in [0.25, 0.3) is 0 Å². The van der Waals surface area contributed by atoms with Gasteiger partial charge in [0.25, 0.3) is 0 Å². The third kappa shape index (κ3) is 4.43. The predicted molar refractivity (Wildman–Crippen MR) is 25.1 cm³/mol. The minimum atomic E-state index is 0.588. The summed E-state index contributed by atoms with van der Waals surface area (Å²) in [6, 6.07) is 0. The molecule has 0 aliphatic heterocycles. The molecule has 0 bridgehead atoms. The number of hydrogen-bond acceptors (Lipinski definition) is 2. The van der Waals surface area contributed by atoms with E-state index in [9.17, 15) is 0 Å². The molecule has 27 valence electrons. The molecule has 0 saturated carbocycles. The quantitative estimate of drug-likeness (QED) is 0.363. The molecule has 3 radical (unpaired) electrons. The maximum atomic E-state index is 4.48. The van der Waals surface area contributed by atoms with Crippen LogP contribution in [-0.4, -0.2) is 21.9 Å². The molecule has 0 spiro atoms. The molecule has 0 aliphatic carbocycles. The first-order valence-corrected chi connectivity index (χ1v) is 2.38. The summed E-state index contributed by atoms with van der Waals surface area (Å²) in [5.41, 5.74) is 0. The molecule has 0 rings (SSSR count). The number of thiocarbonyl (C=S) groups is 1. The molecule has 0 heterocycles. The Bertz CT molecular complexity index is 44.9. The Labute approximate surface area is 45.3 Å². The second-order valence-corrected chi connectivity index (χ2v) is 1.60. The molecule has 0 saturated heterocycles. The zero-order chi connectivity index (χ0) is 4.28. The normalized spacial score (nSPS) is 6.80. The van der Waals surface area contributed by atoms with Gasteiger partial charge in [-0.15, -0.1) is 0 Å². The van der Waals surface area contributed by atoms with Gasteiger partial charge in [0.15, 0.2) is 0 Å². The first-order valence-electron chi connectivity index (χ1n) is 1.11. The fourth-order valence-corrected chi connectivity index (χ4v) is 0. The minimum absolute atomic E-state index is 0.588. The van der Waals surface area contributed by atoms with Crippen molar-refractivity contribution in [3.05, 3.63) is 0 Å². The fraction of sp³-hybridized carbons (Fsp3) is 0.500. The molecular formula is C2H3GeOS. The molecule has 1 nitrogen and oxygen atoms in total. The predicted octanol–water partition coefficient (Wildman–Crippen LogP) is 0.434. The van der Waals surface area contributed by atoms with Crippen LogP contribution in [0.4, 0.5) is 0 Å². The Kier molecular flexibility index (Phi) is 2.89. The van der Waals surface area contributed by atoms with Gasteiger partial charge in [0, 0.05) is 0 Å². The van der Waals surface area contributed by atoms with Crippen LogP contribution >= 0.6 is 12.2 Å². The van der Waals surface area contributed by atoms with E-state index in [2.05, 4.69) is 16.0 Å². The van der Waals surface area contributed by atoms with Crippen LogP contribution in [0, 0.1) is 0 Å². The summed E-state index contributed by atoms with van der Waals surface area (Å²) in [7, 11) is 0. The summed E-state index contributed by atoms with van der Waals surface area (Å²) in [5, 5.41) is 0.588. The van der Waals surface area contributed by atoms with E-state index in [1.54, 1.807) is 23.8 Å². The monoisotopic (exact) mass is 149 g/mol. The Morgan fingerprint density at radius 3 is 2.20 bits per heavy atom. The summed E-state index contributed by atoms with van der Waals surface area (Å²) >= 11 is 6.03. The van der Waals surface area contributed by atoms with Gasteiger partial charge < -0.3 is 0 Å². The van der Waals surface area contributed by atoms with Gasteiger partial charge in [0.05, 0.1) is 0 Å². The Hall–Kier alpha value is 0.433. The van der Waals surface area contributed by atoms with Crippen LogP contribution in [-0.2, 0) is 3.76 Å². The summed E-state index contributed by atoms with van der Waals surface area (Å²) in [6.07, 6.45) is 0. The molecule has 0 aromatic rings. The van der Waals surface area contributed by atoms with Crippen LogP contribution in [0.3, 0.4) is 0 Å². The first kappa shape index (κ1) is 5.43. The van der Waals surface area contributed by atoms with E-state index in [1.807, 2.05) is 0 Å². The van der Waals surface area contributed by atoms with Crippen LogP contribution in [0.2, 0.25) is 0 Å². The maximum absolute atomic E-state index is 4.48. The van der Waals surface area contributed by atoms with Gasteiger partial charge in [-0.05, 0) is 0 Å². The third-order valence-corrected chi connectivity index (χ3v) is 1.18. The van der Waals surface area contributed by atoms with E-state index in [0.29, 0.717) is 5.05 Å². The van der Waals surface area contributed by atoms with Gasteiger partial charge in [-0.25, -0.2) is 0 Å². The van der Waals surface area contributed by atoms with E-state index >= 15 is 0 Å². The molecule has 0 unspecified atom stereocenters. The summed E-state index contributed by atoms with van der Waals surface area (Å²) < 4.78 is 4.48. The van der Waals surface area contributed by atoms with Gasteiger partial charge in [-0.3, -0.25) is 0 Å². The topological polar surface area (TPSA) is 9.23 Å². The molecule has 5 heavy (non-hydrogen) atoms. The van der Waals surface area contributed by atoms with Crippen LogP contribution in [0.15, 0.2) is 0 Å². The fourth-order valence-electron chi connectivity index (χ4n) is 0. The van der Waals surface area contributed by atoms with Gasteiger partial charge >= 0.3 is 44.8 Å². The van der Waals surface area contributed by atoms with Crippen molar-refractivity contribution in [1.82, 2.24) is 0 Å². The van der Waals surface area contributed by atoms with Crippen molar-refractivity contribution in [3.63, 3.8) is 0 Å². The average Bonchev–Trinajstić information content (AvgIpc) is 1.38. The second-order valence-electron chi connectivity index (χ2n) is 0.594. The van der Waals surface area contributed by atoms with Crippen molar-refractivity contribution in [2.45, 2.75) is 6.92 Å². The number of hydrogen-bond donors (Lipinski definition) is 0. The van der Waals surface area contributed by atoms with E-state index in [0.717, 1.165) is 0 Å². The molecule has 0 aromatic heterocycles. The van der Waals surface area contributed by atoms with E-state index in [4.69, 9.17) is 0 Å². The SMILES string of the molecule is CC(=S)[O][Ge]. The summed E-state index contributed by atoms with van der Waals surface area (Å²) in [4.78, 5) is 0. The molecule has 0 N–H and O–H groups in total. The first-order chi connectivity index (χ1) is 2.27. The van der Waals surface area contributed by atoms with E-state index in [1.165, 1.54) is 0 Å². The van der Waals surface area contributed by atoms with Crippen molar-refractivity contribution < 1.29 is 3.76 Å².